The molecule has 0 aliphatic carbocycles. The normalized spacial score (nSPS) is 15.6. The van der Waals surface area contributed by atoms with Crippen molar-refractivity contribution in [1.82, 2.24) is 5.32 Å². The Morgan fingerprint density at radius 2 is 2.46 bits per heavy atom. The zero-order valence-electron chi connectivity index (χ0n) is 7.73. The van der Waals surface area contributed by atoms with Crippen molar-refractivity contribution in [2.75, 3.05) is 13.6 Å². The van der Waals surface area contributed by atoms with Crippen LogP contribution in [-0.4, -0.2) is 24.7 Å². The minimum atomic E-state index is -0.520. The second-order valence-electron chi connectivity index (χ2n) is 3.02. The number of hydrogen-bond acceptors (Lipinski definition) is 4. The summed E-state index contributed by atoms with van der Waals surface area (Å²) in [5.74, 6) is 0. The van der Waals surface area contributed by atoms with Gasteiger partial charge in [-0.25, -0.2) is 0 Å². The highest BCUT2D eigenvalue weighted by atomic mass is 32.1. The predicted octanol–water partition coefficient (Wildman–Crippen LogP) is 0.718. The lowest BCUT2D eigenvalue weighted by atomic mass is 10.1. The highest BCUT2D eigenvalue weighted by Crippen LogP contribution is 2.21. The van der Waals surface area contributed by atoms with Crippen LogP contribution < -0.4 is 11.1 Å². The summed E-state index contributed by atoms with van der Waals surface area (Å²) >= 11 is 1.54. The SMILES string of the molecule is CNCCC(N)C(O)c1cccs1. The van der Waals surface area contributed by atoms with Crippen LogP contribution in [-0.2, 0) is 0 Å². The molecule has 74 valence electrons. The molecule has 0 saturated heterocycles. The van der Waals surface area contributed by atoms with Gasteiger partial charge in [0.05, 0.1) is 0 Å². The van der Waals surface area contributed by atoms with Crippen molar-refractivity contribution in [2.24, 2.45) is 5.73 Å². The van der Waals surface area contributed by atoms with Crippen LogP contribution in [0.25, 0.3) is 0 Å². The van der Waals surface area contributed by atoms with Gasteiger partial charge < -0.3 is 16.2 Å². The summed E-state index contributed by atoms with van der Waals surface area (Å²) in [6.07, 6.45) is 0.267. The molecule has 0 radical (unpaired) electrons. The van der Waals surface area contributed by atoms with E-state index in [1.54, 1.807) is 11.3 Å². The molecule has 4 N–H and O–H groups in total. The highest BCUT2D eigenvalue weighted by Gasteiger charge is 2.16. The molecule has 2 atom stereocenters. The van der Waals surface area contributed by atoms with Crippen molar-refractivity contribution in [3.05, 3.63) is 22.4 Å². The van der Waals surface area contributed by atoms with E-state index in [1.807, 2.05) is 24.6 Å². The van der Waals surface area contributed by atoms with Gasteiger partial charge in [0.2, 0.25) is 0 Å². The van der Waals surface area contributed by atoms with E-state index in [9.17, 15) is 5.11 Å². The van der Waals surface area contributed by atoms with Crippen molar-refractivity contribution in [1.29, 1.82) is 0 Å². The van der Waals surface area contributed by atoms with Crippen LogP contribution in [0.4, 0.5) is 0 Å². The molecule has 3 nitrogen and oxygen atoms in total. The number of hydrogen-bond donors (Lipinski definition) is 3. The molecular weight excluding hydrogens is 184 g/mol. The van der Waals surface area contributed by atoms with Crippen molar-refractivity contribution in [3.8, 4) is 0 Å². The Morgan fingerprint density at radius 1 is 1.69 bits per heavy atom. The van der Waals surface area contributed by atoms with Crippen LogP contribution >= 0.6 is 11.3 Å². The molecule has 0 aliphatic rings. The van der Waals surface area contributed by atoms with E-state index >= 15 is 0 Å². The van der Waals surface area contributed by atoms with E-state index in [-0.39, 0.29) is 6.04 Å². The fourth-order valence-electron chi connectivity index (χ4n) is 1.14. The lowest BCUT2D eigenvalue weighted by Crippen LogP contribution is -2.31. The predicted molar refractivity (Wildman–Crippen MR) is 55.8 cm³/mol. The molecule has 13 heavy (non-hydrogen) atoms. The smallest absolute Gasteiger partial charge is 0.103 e. The average Bonchev–Trinajstić information content (AvgIpc) is 2.65. The van der Waals surface area contributed by atoms with Gasteiger partial charge in [0.1, 0.15) is 6.10 Å². The lowest BCUT2D eigenvalue weighted by molar-refractivity contribution is 0.146. The average molecular weight is 200 g/mol. The maximum absolute atomic E-state index is 9.76. The molecule has 0 fully saturated rings. The first-order chi connectivity index (χ1) is 6.25. The first-order valence-electron chi connectivity index (χ1n) is 4.37. The summed E-state index contributed by atoms with van der Waals surface area (Å²) in [6, 6.07) is 3.66. The Labute approximate surface area is 82.6 Å². The first kappa shape index (κ1) is 10.7. The summed E-state index contributed by atoms with van der Waals surface area (Å²) in [5.41, 5.74) is 5.81. The standard InChI is InChI=1S/C9H16N2OS/c1-11-5-4-7(10)9(12)8-3-2-6-13-8/h2-3,6-7,9,11-12H,4-5,10H2,1H3. The highest BCUT2D eigenvalue weighted by molar-refractivity contribution is 7.10. The quantitative estimate of drug-likeness (QED) is 0.656. The van der Waals surface area contributed by atoms with Crippen LogP contribution in [0.15, 0.2) is 17.5 Å². The van der Waals surface area contributed by atoms with Gasteiger partial charge in [0.15, 0.2) is 0 Å². The van der Waals surface area contributed by atoms with Crippen LogP contribution in [0.3, 0.4) is 0 Å². The summed E-state index contributed by atoms with van der Waals surface area (Å²) in [6.45, 7) is 0.837. The Hall–Kier alpha value is -0.420. The molecule has 1 rings (SSSR count). The summed E-state index contributed by atoms with van der Waals surface area (Å²) in [5, 5.41) is 14.7. The van der Waals surface area contributed by atoms with E-state index in [1.165, 1.54) is 0 Å². The van der Waals surface area contributed by atoms with E-state index in [2.05, 4.69) is 5.32 Å². The topological polar surface area (TPSA) is 58.3 Å². The fourth-order valence-corrected chi connectivity index (χ4v) is 1.93. The van der Waals surface area contributed by atoms with E-state index in [0.29, 0.717) is 0 Å². The molecule has 0 bridgehead atoms. The summed E-state index contributed by atoms with van der Waals surface area (Å²) in [4.78, 5) is 0.948. The van der Waals surface area contributed by atoms with Crippen LogP contribution in [0, 0.1) is 0 Å². The number of thiophene rings is 1. The lowest BCUT2D eigenvalue weighted by Gasteiger charge is -2.17. The van der Waals surface area contributed by atoms with E-state index in [4.69, 9.17) is 5.73 Å². The molecule has 0 aliphatic heterocycles. The number of nitrogens with two attached hydrogens (primary N) is 1. The molecule has 0 aromatic carbocycles. The molecule has 1 aromatic heterocycles. The Kier molecular flexibility index (Phi) is 4.38. The largest absolute Gasteiger partial charge is 0.386 e. The number of aliphatic hydroxyl groups excluding tert-OH is 1. The van der Waals surface area contributed by atoms with Crippen LogP contribution in [0.5, 0.6) is 0 Å². The van der Waals surface area contributed by atoms with E-state index in [0.717, 1.165) is 17.8 Å². The van der Waals surface area contributed by atoms with Crippen molar-refractivity contribution in [3.63, 3.8) is 0 Å². The second kappa shape index (κ2) is 5.34. The Balaban J connectivity index is 2.43. The minimum absolute atomic E-state index is 0.175. The molecular formula is C9H16N2OS. The summed E-state index contributed by atoms with van der Waals surface area (Å²) < 4.78 is 0. The molecule has 4 heteroatoms. The summed E-state index contributed by atoms with van der Waals surface area (Å²) in [7, 11) is 1.88. The fraction of sp³-hybridized carbons (Fsp3) is 0.556. The molecule has 0 spiro atoms. The number of nitrogens with one attached hydrogen (secondary N) is 1. The van der Waals surface area contributed by atoms with Gasteiger partial charge in [-0.2, -0.15) is 0 Å². The Morgan fingerprint density at radius 3 is 3.00 bits per heavy atom. The van der Waals surface area contributed by atoms with Gasteiger partial charge >= 0.3 is 0 Å². The van der Waals surface area contributed by atoms with Gasteiger partial charge in [-0.3, -0.25) is 0 Å². The minimum Gasteiger partial charge on any atom is -0.386 e. The zero-order chi connectivity index (χ0) is 9.68. The zero-order valence-corrected chi connectivity index (χ0v) is 8.55. The van der Waals surface area contributed by atoms with Crippen LogP contribution in [0.2, 0.25) is 0 Å². The monoisotopic (exact) mass is 200 g/mol. The number of rotatable bonds is 5. The second-order valence-corrected chi connectivity index (χ2v) is 4.00. The molecule has 1 heterocycles. The number of aliphatic hydroxyl groups is 1. The maximum atomic E-state index is 9.76. The molecule has 0 amide bonds. The van der Waals surface area contributed by atoms with Gasteiger partial charge in [-0.15, -0.1) is 11.3 Å². The van der Waals surface area contributed by atoms with Gasteiger partial charge in [0.25, 0.3) is 0 Å². The van der Waals surface area contributed by atoms with Crippen LogP contribution in [0.1, 0.15) is 17.4 Å². The third kappa shape index (κ3) is 3.08. The molecule has 0 saturated carbocycles. The maximum Gasteiger partial charge on any atom is 0.103 e. The third-order valence-corrected chi connectivity index (χ3v) is 2.91. The van der Waals surface area contributed by atoms with Crippen molar-refractivity contribution >= 4 is 11.3 Å². The third-order valence-electron chi connectivity index (χ3n) is 1.97. The van der Waals surface area contributed by atoms with Gasteiger partial charge in [0, 0.05) is 10.9 Å². The van der Waals surface area contributed by atoms with E-state index < -0.39 is 6.10 Å². The van der Waals surface area contributed by atoms with Gasteiger partial charge in [-0.1, -0.05) is 6.07 Å². The van der Waals surface area contributed by atoms with Crippen molar-refractivity contribution < 1.29 is 5.11 Å². The Bertz CT molecular complexity index is 226. The molecule has 2 unspecified atom stereocenters. The van der Waals surface area contributed by atoms with Gasteiger partial charge in [-0.05, 0) is 31.5 Å². The molecule has 1 aromatic rings. The van der Waals surface area contributed by atoms with Crippen molar-refractivity contribution in [2.45, 2.75) is 18.6 Å². The first-order valence-corrected chi connectivity index (χ1v) is 5.25.